The number of tetrazole rings is 1. The number of aromatic nitrogens is 4. The van der Waals surface area contributed by atoms with Gasteiger partial charge in [-0.3, -0.25) is 4.79 Å². The molecule has 0 aliphatic rings. The van der Waals surface area contributed by atoms with Gasteiger partial charge in [0, 0.05) is 17.0 Å². The van der Waals surface area contributed by atoms with E-state index in [-0.39, 0.29) is 5.91 Å². The smallest absolute Gasteiger partial charge is 0.235 e. The number of hydrogen-bond acceptors (Lipinski definition) is 5. The summed E-state index contributed by atoms with van der Waals surface area (Å²) in [4.78, 5) is 13.7. The van der Waals surface area contributed by atoms with E-state index in [1.807, 2.05) is 48.7 Å². The molecular formula is C15H15N5OS. The third kappa shape index (κ3) is 3.37. The van der Waals surface area contributed by atoms with Crippen LogP contribution in [0.4, 0.5) is 5.69 Å². The highest BCUT2D eigenvalue weighted by molar-refractivity contribution is 7.09. The van der Waals surface area contributed by atoms with Gasteiger partial charge in [-0.15, -0.1) is 21.5 Å². The summed E-state index contributed by atoms with van der Waals surface area (Å²) in [5, 5.41) is 18.8. The molecule has 2 N–H and O–H groups in total. The van der Waals surface area contributed by atoms with Crippen LogP contribution in [-0.2, 0) is 11.2 Å². The van der Waals surface area contributed by atoms with Crippen molar-refractivity contribution in [2.45, 2.75) is 19.3 Å². The number of anilines is 1. The van der Waals surface area contributed by atoms with E-state index in [1.165, 1.54) is 0 Å². The second-order valence-corrected chi connectivity index (χ2v) is 6.00. The normalized spacial score (nSPS) is 12.0. The van der Waals surface area contributed by atoms with Crippen molar-refractivity contribution in [2.75, 3.05) is 5.32 Å². The molecule has 0 radical (unpaired) electrons. The Morgan fingerprint density at radius 3 is 2.95 bits per heavy atom. The molecule has 1 atom stereocenters. The average Bonchev–Trinajstić information content (AvgIpc) is 3.18. The number of hydrogen-bond donors (Lipinski definition) is 2. The number of aromatic amines is 1. The first kappa shape index (κ1) is 14.4. The maximum Gasteiger partial charge on any atom is 0.235 e. The summed E-state index contributed by atoms with van der Waals surface area (Å²) >= 11 is 1.61. The number of rotatable bonds is 5. The molecule has 3 rings (SSSR count). The van der Waals surface area contributed by atoms with Gasteiger partial charge in [-0.1, -0.05) is 23.4 Å². The van der Waals surface area contributed by atoms with Crippen molar-refractivity contribution in [3.8, 4) is 0 Å². The van der Waals surface area contributed by atoms with Gasteiger partial charge in [-0.2, -0.15) is 5.21 Å². The largest absolute Gasteiger partial charge is 0.325 e. The molecule has 0 aliphatic carbocycles. The zero-order chi connectivity index (χ0) is 15.4. The zero-order valence-electron chi connectivity index (χ0n) is 12.0. The van der Waals surface area contributed by atoms with Gasteiger partial charge in [0.2, 0.25) is 5.91 Å². The lowest BCUT2D eigenvalue weighted by atomic mass is 10.0. The van der Waals surface area contributed by atoms with Crippen LogP contribution in [0.15, 0.2) is 41.8 Å². The van der Waals surface area contributed by atoms with E-state index in [1.54, 1.807) is 11.3 Å². The van der Waals surface area contributed by atoms with E-state index in [2.05, 4.69) is 25.9 Å². The lowest BCUT2D eigenvalue weighted by molar-refractivity contribution is -0.117. The molecule has 22 heavy (non-hydrogen) atoms. The second kappa shape index (κ2) is 6.48. The molecule has 1 amide bonds. The average molecular weight is 313 g/mol. The highest BCUT2D eigenvalue weighted by Crippen LogP contribution is 2.22. The Kier molecular flexibility index (Phi) is 4.24. The van der Waals surface area contributed by atoms with Crippen molar-refractivity contribution < 1.29 is 4.79 Å². The fourth-order valence-electron chi connectivity index (χ4n) is 2.20. The number of carbonyl (C=O) groups is 1. The van der Waals surface area contributed by atoms with Crippen molar-refractivity contribution in [3.63, 3.8) is 0 Å². The van der Waals surface area contributed by atoms with E-state index in [0.717, 1.165) is 16.1 Å². The van der Waals surface area contributed by atoms with Crippen LogP contribution in [0.1, 0.15) is 22.2 Å². The van der Waals surface area contributed by atoms with E-state index >= 15 is 0 Å². The lowest BCUT2D eigenvalue weighted by Crippen LogP contribution is -2.24. The first-order chi connectivity index (χ1) is 10.7. The molecule has 7 heteroatoms. The van der Waals surface area contributed by atoms with Gasteiger partial charge < -0.3 is 5.32 Å². The quantitative estimate of drug-likeness (QED) is 0.758. The van der Waals surface area contributed by atoms with Gasteiger partial charge in [0.25, 0.3) is 0 Å². The van der Waals surface area contributed by atoms with E-state index in [0.29, 0.717) is 12.2 Å². The minimum Gasteiger partial charge on any atom is -0.325 e. The fourth-order valence-corrected chi connectivity index (χ4v) is 2.95. The number of nitrogens with one attached hydrogen (secondary N) is 2. The Morgan fingerprint density at radius 1 is 1.36 bits per heavy atom. The summed E-state index contributed by atoms with van der Waals surface area (Å²) < 4.78 is 0. The molecule has 1 unspecified atom stereocenters. The molecule has 2 aromatic heterocycles. The van der Waals surface area contributed by atoms with Crippen LogP contribution in [0.5, 0.6) is 0 Å². The minimum atomic E-state index is -0.474. The third-order valence-electron chi connectivity index (χ3n) is 3.26. The van der Waals surface area contributed by atoms with Crippen LogP contribution in [-0.4, -0.2) is 26.5 Å². The molecule has 0 fully saturated rings. The maximum absolute atomic E-state index is 12.6. The number of amides is 1. The number of carbonyl (C=O) groups excluding carboxylic acids is 1. The summed E-state index contributed by atoms with van der Waals surface area (Å²) in [5.41, 5.74) is 1.86. The zero-order valence-corrected chi connectivity index (χ0v) is 12.8. The van der Waals surface area contributed by atoms with Gasteiger partial charge in [0.1, 0.15) is 5.92 Å². The van der Waals surface area contributed by atoms with Crippen LogP contribution < -0.4 is 5.32 Å². The molecule has 0 spiro atoms. The van der Waals surface area contributed by atoms with Gasteiger partial charge in [-0.05, 0) is 36.1 Å². The summed E-state index contributed by atoms with van der Waals surface area (Å²) in [6.07, 6.45) is 0.550. The molecule has 0 bridgehead atoms. The van der Waals surface area contributed by atoms with Crippen molar-refractivity contribution in [2.24, 2.45) is 0 Å². The molecule has 1 aromatic carbocycles. The predicted octanol–water partition coefficient (Wildman–Crippen LogP) is 2.53. The van der Waals surface area contributed by atoms with Crippen LogP contribution in [0, 0.1) is 6.92 Å². The number of H-pyrrole nitrogens is 1. The van der Waals surface area contributed by atoms with E-state index in [9.17, 15) is 4.79 Å². The number of thiophene rings is 1. The standard InChI is InChI=1S/C15H15N5OS/c1-10-4-2-5-11(8-10)16-15(21)13(14-17-19-20-18-14)9-12-6-3-7-22-12/h2-8,13H,9H2,1H3,(H,16,21)(H,17,18,19,20). The molecule has 0 aliphatic heterocycles. The van der Waals surface area contributed by atoms with E-state index in [4.69, 9.17) is 0 Å². The highest BCUT2D eigenvalue weighted by Gasteiger charge is 2.25. The Balaban J connectivity index is 1.80. The van der Waals surface area contributed by atoms with Crippen molar-refractivity contribution in [3.05, 3.63) is 58.0 Å². The summed E-state index contributed by atoms with van der Waals surface area (Å²) in [7, 11) is 0. The Hall–Kier alpha value is -2.54. The summed E-state index contributed by atoms with van der Waals surface area (Å²) in [6.45, 7) is 1.98. The molecule has 112 valence electrons. The molecule has 0 saturated heterocycles. The number of aryl methyl sites for hydroxylation is 1. The van der Waals surface area contributed by atoms with Crippen LogP contribution in [0.3, 0.4) is 0 Å². The Morgan fingerprint density at radius 2 is 2.27 bits per heavy atom. The maximum atomic E-state index is 12.6. The first-order valence-electron chi connectivity index (χ1n) is 6.85. The third-order valence-corrected chi connectivity index (χ3v) is 4.16. The van der Waals surface area contributed by atoms with E-state index < -0.39 is 5.92 Å². The summed E-state index contributed by atoms with van der Waals surface area (Å²) in [5.74, 6) is -0.211. The van der Waals surface area contributed by atoms with Crippen molar-refractivity contribution >= 4 is 22.9 Å². The highest BCUT2D eigenvalue weighted by atomic mass is 32.1. The van der Waals surface area contributed by atoms with Crippen molar-refractivity contribution in [1.29, 1.82) is 0 Å². The molecule has 0 saturated carbocycles. The molecule has 2 heterocycles. The van der Waals surface area contributed by atoms with Crippen LogP contribution in [0.25, 0.3) is 0 Å². The topological polar surface area (TPSA) is 83.6 Å². The minimum absolute atomic E-state index is 0.139. The molecule has 3 aromatic rings. The summed E-state index contributed by atoms with van der Waals surface area (Å²) in [6, 6.07) is 11.6. The van der Waals surface area contributed by atoms with Crippen LogP contribution in [0.2, 0.25) is 0 Å². The van der Waals surface area contributed by atoms with Crippen LogP contribution >= 0.6 is 11.3 Å². The predicted molar refractivity (Wildman–Crippen MR) is 84.8 cm³/mol. The SMILES string of the molecule is Cc1cccc(NC(=O)C(Cc2cccs2)c2nn[nH]n2)c1. The Bertz CT molecular complexity index is 739. The van der Waals surface area contributed by atoms with Gasteiger partial charge in [-0.25, -0.2) is 0 Å². The Labute approximate surface area is 131 Å². The first-order valence-corrected chi connectivity index (χ1v) is 7.73. The number of nitrogens with zero attached hydrogens (tertiary/aromatic N) is 3. The van der Waals surface area contributed by atoms with Gasteiger partial charge >= 0.3 is 0 Å². The van der Waals surface area contributed by atoms with Gasteiger partial charge in [0.05, 0.1) is 0 Å². The second-order valence-electron chi connectivity index (χ2n) is 4.96. The fraction of sp³-hybridized carbons (Fsp3) is 0.200. The monoisotopic (exact) mass is 313 g/mol. The molecule has 6 nitrogen and oxygen atoms in total. The van der Waals surface area contributed by atoms with Gasteiger partial charge in [0.15, 0.2) is 5.82 Å². The molecular weight excluding hydrogens is 298 g/mol. The van der Waals surface area contributed by atoms with Crippen molar-refractivity contribution in [1.82, 2.24) is 20.6 Å². The lowest BCUT2D eigenvalue weighted by Gasteiger charge is -2.13. The number of benzene rings is 1.